The third-order valence-electron chi connectivity index (χ3n) is 2.63. The van der Waals surface area contributed by atoms with Crippen molar-refractivity contribution in [2.24, 2.45) is 0 Å². The molecule has 0 aliphatic carbocycles. The lowest BCUT2D eigenvalue weighted by Crippen LogP contribution is -2.00. The molecule has 0 saturated carbocycles. The molecule has 0 saturated heterocycles. The molecule has 104 valence electrons. The Kier molecular flexibility index (Phi) is 4.10. The summed E-state index contributed by atoms with van der Waals surface area (Å²) in [6.07, 6.45) is 0. The number of carboxylic acids is 1. The smallest absolute Gasteiger partial charge is 0.335 e. The summed E-state index contributed by atoms with van der Waals surface area (Å²) >= 11 is 0. The van der Waals surface area contributed by atoms with Crippen LogP contribution in [0.3, 0.4) is 0 Å². The number of nitrogen functional groups attached to an aromatic ring is 1. The van der Waals surface area contributed by atoms with Crippen molar-refractivity contribution in [1.29, 1.82) is 0 Å². The first kappa shape index (κ1) is 13.7. The van der Waals surface area contributed by atoms with Crippen LogP contribution in [0.2, 0.25) is 0 Å². The summed E-state index contributed by atoms with van der Waals surface area (Å²) in [7, 11) is 0. The lowest BCUT2D eigenvalue weighted by Gasteiger charge is -2.13. The molecule has 0 aliphatic heterocycles. The Bertz CT molecular complexity index is 625. The van der Waals surface area contributed by atoms with Crippen molar-refractivity contribution in [2.45, 2.75) is 6.92 Å². The molecule has 5 nitrogen and oxygen atoms in total. The molecule has 0 aliphatic rings. The van der Waals surface area contributed by atoms with Crippen molar-refractivity contribution in [2.75, 3.05) is 12.3 Å². The SMILES string of the molecule is CCOc1ccccc1Oc1cc(C(=O)O)ccc1N. The van der Waals surface area contributed by atoms with Gasteiger partial charge in [-0.3, -0.25) is 0 Å². The van der Waals surface area contributed by atoms with Gasteiger partial charge in [-0.05, 0) is 37.3 Å². The fourth-order valence-electron chi connectivity index (χ4n) is 1.68. The average molecular weight is 273 g/mol. The van der Waals surface area contributed by atoms with Crippen molar-refractivity contribution in [3.8, 4) is 17.2 Å². The highest BCUT2D eigenvalue weighted by atomic mass is 16.5. The molecular weight excluding hydrogens is 258 g/mol. The number of anilines is 1. The molecule has 0 heterocycles. The van der Waals surface area contributed by atoms with E-state index in [0.29, 0.717) is 23.8 Å². The number of aromatic carboxylic acids is 1. The maximum atomic E-state index is 11.0. The first-order chi connectivity index (χ1) is 9.61. The van der Waals surface area contributed by atoms with Crippen LogP contribution in [0, 0.1) is 0 Å². The Hall–Kier alpha value is -2.69. The van der Waals surface area contributed by atoms with Gasteiger partial charge in [0.05, 0.1) is 17.9 Å². The Balaban J connectivity index is 2.34. The van der Waals surface area contributed by atoms with Gasteiger partial charge in [-0.15, -0.1) is 0 Å². The van der Waals surface area contributed by atoms with Crippen LogP contribution in [0.1, 0.15) is 17.3 Å². The third-order valence-corrected chi connectivity index (χ3v) is 2.63. The quantitative estimate of drug-likeness (QED) is 0.818. The summed E-state index contributed by atoms with van der Waals surface area (Å²) in [5, 5.41) is 8.98. The highest BCUT2D eigenvalue weighted by molar-refractivity contribution is 5.89. The van der Waals surface area contributed by atoms with E-state index in [0.717, 1.165) is 0 Å². The zero-order valence-corrected chi connectivity index (χ0v) is 11.0. The zero-order chi connectivity index (χ0) is 14.5. The van der Waals surface area contributed by atoms with Crippen molar-refractivity contribution in [3.63, 3.8) is 0 Å². The summed E-state index contributed by atoms with van der Waals surface area (Å²) in [6, 6.07) is 11.5. The van der Waals surface area contributed by atoms with Gasteiger partial charge in [0.25, 0.3) is 0 Å². The molecule has 0 unspecified atom stereocenters. The van der Waals surface area contributed by atoms with Gasteiger partial charge in [0, 0.05) is 0 Å². The molecule has 0 atom stereocenters. The number of hydrogen-bond donors (Lipinski definition) is 2. The molecule has 20 heavy (non-hydrogen) atoms. The number of benzene rings is 2. The fraction of sp³-hybridized carbons (Fsp3) is 0.133. The van der Waals surface area contributed by atoms with E-state index in [2.05, 4.69) is 0 Å². The largest absolute Gasteiger partial charge is 0.490 e. The molecule has 2 aromatic rings. The van der Waals surface area contributed by atoms with Crippen molar-refractivity contribution in [3.05, 3.63) is 48.0 Å². The molecule has 2 rings (SSSR count). The van der Waals surface area contributed by atoms with Crippen LogP contribution < -0.4 is 15.2 Å². The number of para-hydroxylation sites is 2. The molecule has 5 heteroatoms. The second-order valence-electron chi connectivity index (χ2n) is 4.04. The van der Waals surface area contributed by atoms with Crippen LogP contribution in [-0.2, 0) is 0 Å². The molecule has 2 aromatic carbocycles. The zero-order valence-electron chi connectivity index (χ0n) is 11.0. The lowest BCUT2D eigenvalue weighted by molar-refractivity contribution is 0.0696. The number of hydrogen-bond acceptors (Lipinski definition) is 4. The van der Waals surface area contributed by atoms with Crippen LogP contribution in [0.5, 0.6) is 17.2 Å². The first-order valence-electron chi connectivity index (χ1n) is 6.14. The maximum Gasteiger partial charge on any atom is 0.335 e. The van der Waals surface area contributed by atoms with Gasteiger partial charge in [0.15, 0.2) is 17.2 Å². The van der Waals surface area contributed by atoms with Crippen LogP contribution in [0.25, 0.3) is 0 Å². The second kappa shape index (κ2) is 5.97. The second-order valence-corrected chi connectivity index (χ2v) is 4.04. The topological polar surface area (TPSA) is 81.8 Å². The van der Waals surface area contributed by atoms with E-state index in [1.807, 2.05) is 13.0 Å². The third kappa shape index (κ3) is 3.00. The van der Waals surface area contributed by atoms with E-state index >= 15 is 0 Å². The normalized spacial score (nSPS) is 10.1. The number of rotatable bonds is 5. The molecule has 0 fully saturated rings. The van der Waals surface area contributed by atoms with Crippen LogP contribution in [0.4, 0.5) is 5.69 Å². The molecule has 3 N–H and O–H groups in total. The molecular formula is C15H15NO4. The fourth-order valence-corrected chi connectivity index (χ4v) is 1.68. The molecule has 0 spiro atoms. The van der Waals surface area contributed by atoms with E-state index in [4.69, 9.17) is 20.3 Å². The monoisotopic (exact) mass is 273 g/mol. The minimum atomic E-state index is -1.03. The summed E-state index contributed by atoms with van der Waals surface area (Å²) < 4.78 is 11.1. The maximum absolute atomic E-state index is 11.0. The minimum absolute atomic E-state index is 0.114. The summed E-state index contributed by atoms with van der Waals surface area (Å²) in [6.45, 7) is 2.38. The molecule has 0 bridgehead atoms. The van der Waals surface area contributed by atoms with E-state index < -0.39 is 5.97 Å². The first-order valence-corrected chi connectivity index (χ1v) is 6.14. The van der Waals surface area contributed by atoms with Gasteiger partial charge in [0.1, 0.15) is 0 Å². The van der Waals surface area contributed by atoms with Crippen molar-refractivity contribution in [1.82, 2.24) is 0 Å². The van der Waals surface area contributed by atoms with Crippen LogP contribution in [0.15, 0.2) is 42.5 Å². The van der Waals surface area contributed by atoms with Crippen LogP contribution in [-0.4, -0.2) is 17.7 Å². The number of carbonyl (C=O) groups is 1. The Morgan fingerprint density at radius 1 is 1.15 bits per heavy atom. The molecule has 0 radical (unpaired) electrons. The Labute approximate surface area is 116 Å². The Morgan fingerprint density at radius 2 is 1.85 bits per heavy atom. The number of nitrogens with two attached hydrogens (primary N) is 1. The van der Waals surface area contributed by atoms with Gasteiger partial charge in [-0.1, -0.05) is 12.1 Å². The van der Waals surface area contributed by atoms with Gasteiger partial charge in [-0.25, -0.2) is 4.79 Å². The predicted molar refractivity (Wildman–Crippen MR) is 75.5 cm³/mol. The standard InChI is InChI=1S/C15H15NO4/c1-2-19-12-5-3-4-6-13(12)20-14-9-10(15(17)18)7-8-11(14)16/h3-9H,2,16H2,1H3,(H,17,18). The molecule has 0 amide bonds. The predicted octanol–water partition coefficient (Wildman–Crippen LogP) is 3.16. The lowest BCUT2D eigenvalue weighted by atomic mass is 10.2. The summed E-state index contributed by atoms with van der Waals surface area (Å²) in [4.78, 5) is 11.0. The van der Waals surface area contributed by atoms with Gasteiger partial charge in [-0.2, -0.15) is 0 Å². The average Bonchev–Trinajstić information content (AvgIpc) is 2.43. The highest BCUT2D eigenvalue weighted by Gasteiger charge is 2.11. The van der Waals surface area contributed by atoms with Gasteiger partial charge < -0.3 is 20.3 Å². The van der Waals surface area contributed by atoms with Gasteiger partial charge >= 0.3 is 5.97 Å². The highest BCUT2D eigenvalue weighted by Crippen LogP contribution is 2.34. The van der Waals surface area contributed by atoms with Gasteiger partial charge in [0.2, 0.25) is 0 Å². The van der Waals surface area contributed by atoms with E-state index in [1.165, 1.54) is 18.2 Å². The van der Waals surface area contributed by atoms with E-state index in [1.54, 1.807) is 18.2 Å². The van der Waals surface area contributed by atoms with Crippen molar-refractivity contribution >= 4 is 11.7 Å². The summed E-state index contributed by atoms with van der Waals surface area (Å²) in [5.74, 6) is 0.323. The van der Waals surface area contributed by atoms with E-state index in [-0.39, 0.29) is 11.3 Å². The summed E-state index contributed by atoms with van der Waals surface area (Å²) in [5.41, 5.74) is 6.28. The minimum Gasteiger partial charge on any atom is -0.490 e. The Morgan fingerprint density at radius 3 is 2.50 bits per heavy atom. The number of carboxylic acid groups (broad SMARTS) is 1. The van der Waals surface area contributed by atoms with Crippen LogP contribution >= 0.6 is 0 Å². The van der Waals surface area contributed by atoms with Crippen molar-refractivity contribution < 1.29 is 19.4 Å². The molecule has 0 aromatic heterocycles. The number of ether oxygens (including phenoxy) is 2. The van der Waals surface area contributed by atoms with E-state index in [9.17, 15) is 4.79 Å².